The van der Waals surface area contributed by atoms with Crippen LogP contribution in [0.2, 0.25) is 0 Å². The van der Waals surface area contributed by atoms with Gasteiger partial charge in [0.1, 0.15) is 0 Å². The molecular weight excluding hydrogens is 212 g/mol. The summed E-state index contributed by atoms with van der Waals surface area (Å²) in [5, 5.41) is 18.5. The van der Waals surface area contributed by atoms with E-state index >= 15 is 0 Å². The molecule has 1 aliphatic rings. The SMILES string of the molecule is CCNC(=O)c1noc([C@H]2C[C@@H](O)CN2)n1. The summed E-state index contributed by atoms with van der Waals surface area (Å²) in [7, 11) is 0. The third kappa shape index (κ3) is 2.20. The molecule has 2 atom stereocenters. The number of rotatable bonds is 3. The maximum atomic E-state index is 11.4. The van der Waals surface area contributed by atoms with Crippen LogP contribution >= 0.6 is 0 Å². The number of nitrogens with one attached hydrogen (secondary N) is 2. The van der Waals surface area contributed by atoms with Gasteiger partial charge in [-0.1, -0.05) is 5.16 Å². The number of hydrogen-bond donors (Lipinski definition) is 3. The number of aliphatic hydroxyl groups is 1. The van der Waals surface area contributed by atoms with Crippen LogP contribution in [0, 0.1) is 0 Å². The van der Waals surface area contributed by atoms with E-state index in [1.54, 1.807) is 0 Å². The van der Waals surface area contributed by atoms with Crippen molar-refractivity contribution in [2.45, 2.75) is 25.5 Å². The number of carbonyl (C=O) groups excluding carboxylic acids is 1. The van der Waals surface area contributed by atoms with Crippen molar-refractivity contribution >= 4 is 5.91 Å². The van der Waals surface area contributed by atoms with Crippen molar-refractivity contribution in [2.24, 2.45) is 0 Å². The van der Waals surface area contributed by atoms with E-state index in [0.29, 0.717) is 25.4 Å². The topological polar surface area (TPSA) is 100 Å². The van der Waals surface area contributed by atoms with Gasteiger partial charge in [-0.3, -0.25) is 4.79 Å². The van der Waals surface area contributed by atoms with Crippen LogP contribution in [0.15, 0.2) is 4.52 Å². The molecule has 2 heterocycles. The van der Waals surface area contributed by atoms with Gasteiger partial charge in [-0.15, -0.1) is 0 Å². The van der Waals surface area contributed by atoms with Gasteiger partial charge >= 0.3 is 0 Å². The number of carbonyl (C=O) groups is 1. The Balaban J connectivity index is 2.04. The van der Waals surface area contributed by atoms with E-state index in [1.165, 1.54) is 0 Å². The van der Waals surface area contributed by atoms with Crippen molar-refractivity contribution in [3.05, 3.63) is 11.7 Å². The summed E-state index contributed by atoms with van der Waals surface area (Å²) in [6.45, 7) is 2.83. The normalized spacial score (nSPS) is 24.6. The molecular formula is C9H14N4O3. The molecule has 2 rings (SSSR count). The largest absolute Gasteiger partial charge is 0.392 e. The number of β-amino-alcohol motifs (C(OH)–C–C–N with tert-alkyl or cyclic N) is 1. The van der Waals surface area contributed by atoms with E-state index in [-0.39, 0.29) is 17.8 Å². The monoisotopic (exact) mass is 226 g/mol. The fraction of sp³-hybridized carbons (Fsp3) is 0.667. The molecule has 0 unspecified atom stereocenters. The summed E-state index contributed by atoms with van der Waals surface area (Å²) in [6, 6.07) is -0.161. The zero-order valence-corrected chi connectivity index (χ0v) is 8.93. The molecule has 1 aliphatic heterocycles. The Morgan fingerprint density at radius 2 is 2.56 bits per heavy atom. The highest BCUT2D eigenvalue weighted by Crippen LogP contribution is 2.21. The van der Waals surface area contributed by atoms with Gasteiger partial charge in [0.15, 0.2) is 0 Å². The van der Waals surface area contributed by atoms with Crippen molar-refractivity contribution in [1.29, 1.82) is 0 Å². The van der Waals surface area contributed by atoms with Crippen LogP contribution in [-0.4, -0.2) is 40.3 Å². The summed E-state index contributed by atoms with van der Waals surface area (Å²) < 4.78 is 4.97. The molecule has 1 aromatic heterocycles. The van der Waals surface area contributed by atoms with Crippen LogP contribution in [0.1, 0.15) is 35.9 Å². The quantitative estimate of drug-likeness (QED) is 0.624. The highest BCUT2D eigenvalue weighted by Gasteiger charge is 2.28. The number of aliphatic hydroxyl groups excluding tert-OH is 1. The Labute approximate surface area is 92.2 Å². The average molecular weight is 226 g/mol. The van der Waals surface area contributed by atoms with E-state index < -0.39 is 6.10 Å². The first-order valence-electron chi connectivity index (χ1n) is 5.24. The van der Waals surface area contributed by atoms with Crippen LogP contribution in [0.5, 0.6) is 0 Å². The Morgan fingerprint density at radius 3 is 3.19 bits per heavy atom. The third-order valence-electron chi connectivity index (χ3n) is 2.39. The summed E-state index contributed by atoms with van der Waals surface area (Å²) >= 11 is 0. The molecule has 88 valence electrons. The zero-order chi connectivity index (χ0) is 11.5. The minimum atomic E-state index is -0.398. The predicted octanol–water partition coefficient (Wildman–Crippen LogP) is -0.785. The number of hydrogen-bond acceptors (Lipinski definition) is 6. The van der Waals surface area contributed by atoms with Crippen LogP contribution < -0.4 is 10.6 Å². The molecule has 0 radical (unpaired) electrons. The molecule has 0 aliphatic carbocycles. The summed E-state index contributed by atoms with van der Waals surface area (Å²) in [4.78, 5) is 15.4. The van der Waals surface area contributed by atoms with Gasteiger partial charge in [-0.05, 0) is 13.3 Å². The van der Waals surface area contributed by atoms with Crippen LogP contribution in [0.4, 0.5) is 0 Å². The molecule has 1 aromatic rings. The van der Waals surface area contributed by atoms with E-state index in [0.717, 1.165) is 0 Å². The molecule has 7 nitrogen and oxygen atoms in total. The molecule has 0 bridgehead atoms. The van der Waals surface area contributed by atoms with Gasteiger partial charge in [0.2, 0.25) is 5.89 Å². The Kier molecular flexibility index (Phi) is 3.16. The second kappa shape index (κ2) is 4.58. The lowest BCUT2D eigenvalue weighted by molar-refractivity contribution is 0.0942. The van der Waals surface area contributed by atoms with E-state index in [1.807, 2.05) is 6.92 Å². The molecule has 3 N–H and O–H groups in total. The molecule has 7 heteroatoms. The fourth-order valence-corrected chi connectivity index (χ4v) is 1.61. The maximum Gasteiger partial charge on any atom is 0.292 e. The predicted molar refractivity (Wildman–Crippen MR) is 53.7 cm³/mol. The van der Waals surface area contributed by atoms with Gasteiger partial charge in [-0.2, -0.15) is 4.98 Å². The highest BCUT2D eigenvalue weighted by molar-refractivity contribution is 5.90. The van der Waals surface area contributed by atoms with E-state index in [2.05, 4.69) is 20.8 Å². The minimum absolute atomic E-state index is 0.0278. The van der Waals surface area contributed by atoms with Crippen molar-refractivity contribution in [1.82, 2.24) is 20.8 Å². The fourth-order valence-electron chi connectivity index (χ4n) is 1.61. The van der Waals surface area contributed by atoms with Crippen molar-refractivity contribution in [3.63, 3.8) is 0 Å². The first kappa shape index (κ1) is 11.0. The first-order chi connectivity index (χ1) is 7.70. The van der Waals surface area contributed by atoms with Crippen LogP contribution in [-0.2, 0) is 0 Å². The maximum absolute atomic E-state index is 11.4. The lowest BCUT2D eigenvalue weighted by atomic mass is 10.2. The molecule has 1 amide bonds. The standard InChI is InChI=1S/C9H14N4O3/c1-2-10-8(15)7-12-9(16-13-7)6-3-5(14)4-11-6/h5-6,11,14H,2-4H2,1H3,(H,10,15)/t5-,6-/m1/s1. The molecule has 1 saturated heterocycles. The van der Waals surface area contributed by atoms with Crippen molar-refractivity contribution in [2.75, 3.05) is 13.1 Å². The van der Waals surface area contributed by atoms with Gasteiger partial charge in [0, 0.05) is 13.1 Å². The third-order valence-corrected chi connectivity index (χ3v) is 2.39. The second-order valence-corrected chi connectivity index (χ2v) is 3.67. The lowest BCUT2D eigenvalue weighted by Crippen LogP contribution is -2.24. The molecule has 16 heavy (non-hydrogen) atoms. The summed E-state index contributed by atoms with van der Waals surface area (Å²) in [5.41, 5.74) is 0. The Bertz CT molecular complexity index is 379. The number of amides is 1. The second-order valence-electron chi connectivity index (χ2n) is 3.67. The molecule has 0 spiro atoms. The minimum Gasteiger partial charge on any atom is -0.392 e. The van der Waals surface area contributed by atoms with Gasteiger partial charge in [0.25, 0.3) is 11.7 Å². The molecule has 1 fully saturated rings. The average Bonchev–Trinajstić information content (AvgIpc) is 2.85. The number of nitrogens with zero attached hydrogens (tertiary/aromatic N) is 2. The van der Waals surface area contributed by atoms with E-state index in [4.69, 9.17) is 4.52 Å². The van der Waals surface area contributed by atoms with E-state index in [9.17, 15) is 9.90 Å². The van der Waals surface area contributed by atoms with Crippen molar-refractivity contribution in [3.8, 4) is 0 Å². The highest BCUT2D eigenvalue weighted by atomic mass is 16.5. The molecule has 0 aromatic carbocycles. The zero-order valence-electron chi connectivity index (χ0n) is 8.93. The Hall–Kier alpha value is -1.47. The number of aromatic nitrogens is 2. The molecule has 0 saturated carbocycles. The Morgan fingerprint density at radius 1 is 1.75 bits per heavy atom. The van der Waals surface area contributed by atoms with Gasteiger partial charge in [0.05, 0.1) is 12.1 Å². The lowest BCUT2D eigenvalue weighted by Gasteiger charge is -2.01. The summed E-state index contributed by atoms with van der Waals surface area (Å²) in [6.07, 6.45) is 0.127. The first-order valence-corrected chi connectivity index (χ1v) is 5.24. The van der Waals surface area contributed by atoms with Gasteiger partial charge < -0.3 is 20.3 Å². The summed E-state index contributed by atoms with van der Waals surface area (Å²) in [5.74, 6) is 0.0221. The van der Waals surface area contributed by atoms with Crippen molar-refractivity contribution < 1.29 is 14.4 Å². The van der Waals surface area contributed by atoms with Crippen LogP contribution in [0.25, 0.3) is 0 Å². The van der Waals surface area contributed by atoms with Crippen LogP contribution in [0.3, 0.4) is 0 Å². The smallest absolute Gasteiger partial charge is 0.292 e. The van der Waals surface area contributed by atoms with Gasteiger partial charge in [-0.25, -0.2) is 0 Å².